The van der Waals surface area contributed by atoms with Crippen LogP contribution in [0.1, 0.15) is 51.3 Å². The minimum atomic E-state index is -3.48. The maximum atomic E-state index is 15.9. The minimum Gasteiger partial charge on any atom is -0.464 e. The zero-order valence-corrected chi connectivity index (χ0v) is 25.1. The molecule has 0 radical (unpaired) electrons. The lowest BCUT2D eigenvalue weighted by molar-refractivity contribution is -0.148. The van der Waals surface area contributed by atoms with Crippen LogP contribution >= 0.6 is 6.64 Å². The molecule has 0 bridgehead atoms. The van der Waals surface area contributed by atoms with Crippen molar-refractivity contribution in [3.63, 3.8) is 0 Å². The Hall–Kier alpha value is -2.65. The lowest BCUT2D eigenvalue weighted by atomic mass is 9.98. The predicted octanol–water partition coefficient (Wildman–Crippen LogP) is 2.15. The first-order valence-electron chi connectivity index (χ1n) is 13.0. The van der Waals surface area contributed by atoms with Gasteiger partial charge >= 0.3 is 12.6 Å². The quantitative estimate of drug-likeness (QED) is 0.195. The number of hydrogen-bond donors (Lipinski definition) is 5. The molecule has 2 unspecified atom stereocenters. The van der Waals surface area contributed by atoms with Gasteiger partial charge in [-0.2, -0.15) is 0 Å². The van der Waals surface area contributed by atoms with E-state index in [4.69, 9.17) is 36.1 Å². The van der Waals surface area contributed by atoms with E-state index < -0.39 is 55.0 Å². The number of alkyl halides is 1. The number of hydrogen-bond acceptors (Lipinski definition) is 11. The first-order chi connectivity index (χ1) is 19.1. The van der Waals surface area contributed by atoms with E-state index >= 15 is 4.39 Å². The third-order valence-electron chi connectivity index (χ3n) is 6.29. The number of para-hydroxylation sites is 1. The Bertz CT molecular complexity index is 1310. The van der Waals surface area contributed by atoms with Crippen LogP contribution in [0.5, 0.6) is 5.75 Å². The summed E-state index contributed by atoms with van der Waals surface area (Å²) in [6.07, 6.45) is -3.95. The number of rotatable bonds is 10. The van der Waals surface area contributed by atoms with Crippen molar-refractivity contribution in [2.45, 2.75) is 71.1 Å². The van der Waals surface area contributed by atoms with Crippen LogP contribution in [0, 0.1) is 5.41 Å². The molecule has 226 valence electrons. The number of aliphatic hydroxyl groups excluding tert-OH is 1. The summed E-state index contributed by atoms with van der Waals surface area (Å²) in [5.41, 5.74) is 3.23. The number of nitrogens with zero attached hydrogens (tertiary/aromatic N) is 2. The van der Waals surface area contributed by atoms with Gasteiger partial charge in [-0.15, -0.1) is 0 Å². The highest BCUT2D eigenvalue weighted by Gasteiger charge is 2.56. The fourth-order valence-corrected chi connectivity index (χ4v) is 6.59. The van der Waals surface area contributed by atoms with E-state index in [2.05, 4.69) is 20.7 Å². The topological polar surface area (TPSA) is 171 Å². The van der Waals surface area contributed by atoms with Gasteiger partial charge in [0.05, 0.1) is 19.5 Å². The Morgan fingerprint density at radius 1 is 1.37 bits per heavy atom. The lowest BCUT2D eigenvalue weighted by Gasteiger charge is -2.28. The number of benzene rings is 1. The van der Waals surface area contributed by atoms with Crippen LogP contribution in [-0.4, -0.2) is 70.0 Å². The van der Waals surface area contributed by atoms with Gasteiger partial charge in [0.1, 0.15) is 29.8 Å². The standard InChI is InChI=1S/C25H36FN6O7PS/c1-14(21(35)36-12-24(2,3)4)31-40(41,39-15-9-7-6-8-10-15)37-11-16-18(33)25(5,26)22(38-16)32-13-28-17-19(32)29-23(27)30-20(17)34/h6-10,13-14,16,18,22-23,29,33H,11-12,27H2,1-5H3,(H,30,34)(H,31,41)/t14-,16+,18+,22+,23?,25+,40?/m0/s1. The fourth-order valence-electron chi connectivity index (χ4n) is 4.18. The van der Waals surface area contributed by atoms with Gasteiger partial charge < -0.3 is 34.3 Å². The zero-order chi connectivity index (χ0) is 30.2. The molecule has 2 aliphatic rings. The molecule has 0 spiro atoms. The minimum absolute atomic E-state index is 0.00332. The van der Waals surface area contributed by atoms with E-state index in [1.807, 2.05) is 20.8 Å². The van der Waals surface area contributed by atoms with E-state index in [0.29, 0.717) is 5.75 Å². The number of amides is 1. The highest BCUT2D eigenvalue weighted by Crippen LogP contribution is 2.48. The molecule has 1 saturated heterocycles. The molecular formula is C25H36FN6O7PS. The number of halogens is 1. The molecule has 0 saturated carbocycles. The van der Waals surface area contributed by atoms with Gasteiger partial charge in [0.2, 0.25) is 0 Å². The molecule has 2 aliphatic heterocycles. The third-order valence-corrected chi connectivity index (χ3v) is 8.79. The van der Waals surface area contributed by atoms with Crippen LogP contribution < -0.4 is 26.0 Å². The van der Waals surface area contributed by atoms with Gasteiger partial charge in [0.15, 0.2) is 23.9 Å². The summed E-state index contributed by atoms with van der Waals surface area (Å²) in [6.45, 7) is 4.85. The van der Waals surface area contributed by atoms with Crippen molar-refractivity contribution < 1.29 is 37.6 Å². The van der Waals surface area contributed by atoms with Gasteiger partial charge in [-0.25, -0.2) is 14.5 Å². The van der Waals surface area contributed by atoms with Crippen molar-refractivity contribution >= 4 is 36.1 Å². The molecule has 0 aliphatic carbocycles. The maximum absolute atomic E-state index is 15.9. The number of carbonyl (C=O) groups excluding carboxylic acids is 2. The summed E-state index contributed by atoms with van der Waals surface area (Å²) in [5.74, 6) is -0.567. The molecule has 1 aromatic heterocycles. The van der Waals surface area contributed by atoms with Crippen molar-refractivity contribution in [3.8, 4) is 5.75 Å². The summed E-state index contributed by atoms with van der Waals surface area (Å²) in [4.78, 5) is 28.9. The Labute approximate surface area is 242 Å². The van der Waals surface area contributed by atoms with Crippen LogP contribution in [0.4, 0.5) is 10.2 Å². The van der Waals surface area contributed by atoms with E-state index in [0.717, 1.165) is 0 Å². The summed E-state index contributed by atoms with van der Waals surface area (Å²) in [7, 11) is 0. The molecule has 13 nitrogen and oxygen atoms in total. The monoisotopic (exact) mass is 614 g/mol. The van der Waals surface area contributed by atoms with Crippen LogP contribution in [0.15, 0.2) is 36.7 Å². The second-order valence-corrected chi connectivity index (χ2v) is 14.4. The predicted molar refractivity (Wildman–Crippen MR) is 151 cm³/mol. The second kappa shape index (κ2) is 11.9. The SMILES string of the molecule is C[C@H](NP(=S)(OC[C@H]1O[C@@H](n2cnc3c2NC(N)NC3=O)[C@](C)(F)[C@@H]1O)Oc1ccccc1)C(=O)OCC(C)(C)C. The number of nitrogens with one attached hydrogen (secondary N) is 3. The summed E-state index contributed by atoms with van der Waals surface area (Å²) >= 11 is 5.72. The normalized spacial score (nSPS) is 28.1. The van der Waals surface area contributed by atoms with Crippen molar-refractivity contribution in [2.75, 3.05) is 18.5 Å². The van der Waals surface area contributed by atoms with Gasteiger partial charge in [-0.05, 0) is 43.2 Å². The van der Waals surface area contributed by atoms with Gasteiger partial charge in [-0.3, -0.25) is 19.9 Å². The molecule has 6 N–H and O–H groups in total. The molecule has 2 aromatic rings. The molecule has 7 atom stereocenters. The average Bonchev–Trinajstić information content (AvgIpc) is 3.39. The molecule has 3 heterocycles. The van der Waals surface area contributed by atoms with Crippen molar-refractivity contribution in [1.29, 1.82) is 0 Å². The highest BCUT2D eigenvalue weighted by atomic mass is 32.5. The number of imidazole rings is 1. The van der Waals surface area contributed by atoms with Crippen LogP contribution in [0.25, 0.3) is 0 Å². The number of aliphatic hydroxyl groups is 1. The van der Waals surface area contributed by atoms with E-state index in [9.17, 15) is 14.7 Å². The number of esters is 1. The fraction of sp³-hybridized carbons (Fsp3) is 0.560. The zero-order valence-electron chi connectivity index (χ0n) is 23.4. The van der Waals surface area contributed by atoms with Gasteiger partial charge in [-0.1, -0.05) is 39.0 Å². The molecule has 1 fully saturated rings. The largest absolute Gasteiger partial charge is 0.464 e. The van der Waals surface area contributed by atoms with Crippen LogP contribution in [0.3, 0.4) is 0 Å². The van der Waals surface area contributed by atoms with Crippen LogP contribution in [-0.2, 0) is 30.6 Å². The number of anilines is 1. The third kappa shape index (κ3) is 7.23. The number of fused-ring (bicyclic) bond motifs is 1. The number of aromatic nitrogens is 2. The highest BCUT2D eigenvalue weighted by molar-refractivity contribution is 8.09. The Morgan fingerprint density at radius 2 is 2.05 bits per heavy atom. The van der Waals surface area contributed by atoms with E-state index in [1.54, 1.807) is 37.3 Å². The Balaban J connectivity index is 1.51. The van der Waals surface area contributed by atoms with Gasteiger partial charge in [0, 0.05) is 0 Å². The Kier molecular flexibility index (Phi) is 9.10. The summed E-state index contributed by atoms with van der Waals surface area (Å²) in [6, 6.07) is 7.71. The van der Waals surface area contributed by atoms with Crippen molar-refractivity contribution in [3.05, 3.63) is 42.4 Å². The molecule has 4 rings (SSSR count). The molecule has 1 amide bonds. The van der Waals surface area contributed by atoms with Crippen LogP contribution in [0.2, 0.25) is 0 Å². The molecule has 1 aromatic carbocycles. The summed E-state index contributed by atoms with van der Waals surface area (Å²) < 4.78 is 40.5. The molecule has 16 heteroatoms. The Morgan fingerprint density at radius 3 is 2.71 bits per heavy atom. The second-order valence-electron chi connectivity index (χ2n) is 11.3. The smallest absolute Gasteiger partial charge is 0.323 e. The average molecular weight is 615 g/mol. The number of nitrogens with two attached hydrogens (primary N) is 1. The first kappa shape index (κ1) is 31.3. The van der Waals surface area contributed by atoms with Crippen molar-refractivity contribution in [2.24, 2.45) is 11.1 Å². The number of ether oxygens (including phenoxy) is 2. The van der Waals surface area contributed by atoms with Gasteiger partial charge in [0.25, 0.3) is 5.91 Å². The maximum Gasteiger partial charge on any atom is 0.323 e. The molecular weight excluding hydrogens is 578 g/mol. The first-order valence-corrected chi connectivity index (χ1v) is 15.6. The lowest BCUT2D eigenvalue weighted by Crippen LogP contribution is -2.51. The van der Waals surface area contributed by atoms with E-state index in [-0.39, 0.29) is 30.1 Å². The molecule has 41 heavy (non-hydrogen) atoms. The van der Waals surface area contributed by atoms with E-state index in [1.165, 1.54) is 17.8 Å². The number of carbonyl (C=O) groups is 2. The summed E-state index contributed by atoms with van der Waals surface area (Å²) in [5, 5.41) is 19.1. The van der Waals surface area contributed by atoms with Crippen molar-refractivity contribution in [1.82, 2.24) is 20.0 Å².